The molecule has 0 saturated heterocycles. The fourth-order valence-electron chi connectivity index (χ4n) is 9.32. The predicted octanol–water partition coefficient (Wildman–Crippen LogP) is 4.35. The average molecular weight is 490 g/mol. The van der Waals surface area contributed by atoms with Crippen molar-refractivity contribution in [3.05, 3.63) is 22.4 Å². The van der Waals surface area contributed by atoms with Crippen LogP contribution in [0.1, 0.15) is 77.0 Å². The smallest absolute Gasteiger partial charge is 0.220 e. The molecule has 1 aromatic heterocycles. The summed E-state index contributed by atoms with van der Waals surface area (Å²) in [6.45, 7) is 7.58. The van der Waals surface area contributed by atoms with Gasteiger partial charge in [0, 0.05) is 11.3 Å². The first-order chi connectivity index (χ1) is 16.1. The van der Waals surface area contributed by atoms with Gasteiger partial charge in [0.2, 0.25) is 5.91 Å². The number of aliphatic hydroxyl groups excluding tert-OH is 3. The molecule has 0 bridgehead atoms. The van der Waals surface area contributed by atoms with Gasteiger partial charge in [-0.3, -0.25) is 4.79 Å². The molecule has 0 aliphatic heterocycles. The second-order valence-corrected chi connectivity index (χ2v) is 13.6. The van der Waals surface area contributed by atoms with E-state index in [1.807, 2.05) is 11.4 Å². The van der Waals surface area contributed by atoms with E-state index in [-0.39, 0.29) is 34.7 Å². The van der Waals surface area contributed by atoms with Crippen molar-refractivity contribution in [3.8, 4) is 0 Å². The summed E-state index contributed by atoms with van der Waals surface area (Å²) in [7, 11) is 0. The third-order valence-corrected chi connectivity index (χ3v) is 11.9. The Morgan fingerprint density at radius 2 is 1.79 bits per heavy atom. The Morgan fingerprint density at radius 1 is 1.06 bits per heavy atom. The van der Waals surface area contributed by atoms with Crippen LogP contribution in [0.3, 0.4) is 0 Å². The number of nitrogens with one attached hydrogen (secondary N) is 1. The van der Waals surface area contributed by atoms with E-state index in [0.717, 1.165) is 38.5 Å². The maximum atomic E-state index is 12.7. The zero-order valence-corrected chi connectivity index (χ0v) is 21.8. The topological polar surface area (TPSA) is 89.8 Å². The van der Waals surface area contributed by atoms with Crippen molar-refractivity contribution >= 4 is 17.2 Å². The molecule has 34 heavy (non-hydrogen) atoms. The van der Waals surface area contributed by atoms with Gasteiger partial charge in [-0.2, -0.15) is 0 Å². The minimum Gasteiger partial charge on any atom is -0.393 e. The largest absolute Gasteiger partial charge is 0.393 e. The number of carbonyl (C=O) groups is 1. The zero-order chi connectivity index (χ0) is 24.3. The lowest BCUT2D eigenvalue weighted by atomic mass is 9.43. The first-order valence-electron chi connectivity index (χ1n) is 13.5. The molecular formula is C28H43NO4S. The molecule has 5 rings (SSSR count). The predicted molar refractivity (Wildman–Crippen MR) is 134 cm³/mol. The highest BCUT2D eigenvalue weighted by Crippen LogP contribution is 2.68. The maximum Gasteiger partial charge on any atom is 0.220 e. The molecule has 0 spiro atoms. The van der Waals surface area contributed by atoms with E-state index >= 15 is 0 Å². The summed E-state index contributed by atoms with van der Waals surface area (Å²) in [4.78, 5) is 13.9. The van der Waals surface area contributed by atoms with Gasteiger partial charge in [-0.05, 0) is 103 Å². The number of fused-ring (bicyclic) bond motifs is 5. The summed E-state index contributed by atoms with van der Waals surface area (Å²) >= 11 is 1.67. The molecular weight excluding hydrogens is 446 g/mol. The number of hydrogen-bond donors (Lipinski definition) is 4. The molecule has 1 heterocycles. The van der Waals surface area contributed by atoms with Gasteiger partial charge in [0.15, 0.2) is 0 Å². The van der Waals surface area contributed by atoms with Crippen LogP contribution < -0.4 is 5.32 Å². The van der Waals surface area contributed by atoms with Crippen molar-refractivity contribution in [2.24, 2.45) is 46.3 Å². The van der Waals surface area contributed by atoms with Gasteiger partial charge in [0.25, 0.3) is 0 Å². The van der Waals surface area contributed by atoms with Crippen molar-refractivity contribution in [2.75, 3.05) is 0 Å². The summed E-state index contributed by atoms with van der Waals surface area (Å²) < 4.78 is 0. The molecule has 11 atom stereocenters. The standard InChI is InChI=1S/C28H43NO4S/c1-16(13-23(31)29-15-18-5-4-12-34-18)19-6-7-20-24-21(9-11-27(19,20)2)28(3)10-8-17(30)14-22(28)25(32)26(24)33/h4-5,12,16-17,19-22,24-26,30,32-33H,6-11,13-15H2,1-3H3,(H,29,31)/t16-,17-,19-,20+,21+,22+,24+,25-,26+,27-,28-/m1/s1. The first kappa shape index (κ1) is 24.7. The summed E-state index contributed by atoms with van der Waals surface area (Å²) in [5.74, 6) is 1.80. The van der Waals surface area contributed by atoms with E-state index in [9.17, 15) is 20.1 Å². The van der Waals surface area contributed by atoms with Crippen molar-refractivity contribution in [3.63, 3.8) is 0 Å². The third kappa shape index (κ3) is 3.97. The average Bonchev–Trinajstić information content (AvgIpc) is 3.44. The molecule has 190 valence electrons. The molecule has 5 nitrogen and oxygen atoms in total. The normalized spacial score (nSPS) is 46.8. The second-order valence-electron chi connectivity index (χ2n) is 12.6. The van der Waals surface area contributed by atoms with Gasteiger partial charge in [0.05, 0.1) is 24.9 Å². The van der Waals surface area contributed by atoms with Crippen molar-refractivity contribution < 1.29 is 20.1 Å². The summed E-state index contributed by atoms with van der Waals surface area (Å²) in [6, 6.07) is 4.07. The maximum absolute atomic E-state index is 12.7. The van der Waals surface area contributed by atoms with Crippen LogP contribution in [-0.2, 0) is 11.3 Å². The van der Waals surface area contributed by atoms with Crippen LogP contribution in [0.4, 0.5) is 0 Å². The Morgan fingerprint density at radius 3 is 2.53 bits per heavy atom. The Balaban J connectivity index is 1.30. The second kappa shape index (κ2) is 9.17. The molecule has 0 radical (unpaired) electrons. The minimum atomic E-state index is -0.747. The highest BCUT2D eigenvalue weighted by Gasteiger charge is 2.65. The minimum absolute atomic E-state index is 0.00471. The SMILES string of the molecule is C[C@H](CC(=O)NCc1cccs1)[C@H]1CC[C@H]2[C@@H]3[C@H](O)[C@H](O)[C@@H]4C[C@H](O)CC[C@]4(C)[C@H]3CC[C@]12C. The third-order valence-electron chi connectivity index (χ3n) is 11.0. The van der Waals surface area contributed by atoms with Gasteiger partial charge < -0.3 is 20.6 Å². The van der Waals surface area contributed by atoms with Crippen molar-refractivity contribution in [1.82, 2.24) is 5.32 Å². The number of carbonyl (C=O) groups excluding carboxylic acids is 1. The van der Waals surface area contributed by atoms with Gasteiger partial charge in [-0.15, -0.1) is 11.3 Å². The lowest BCUT2D eigenvalue weighted by molar-refractivity contribution is -0.223. The van der Waals surface area contributed by atoms with Crippen molar-refractivity contribution in [1.29, 1.82) is 0 Å². The Bertz CT molecular complexity index is 876. The summed E-state index contributed by atoms with van der Waals surface area (Å²) in [5, 5.41) is 38.1. The van der Waals surface area contributed by atoms with Crippen molar-refractivity contribution in [2.45, 2.75) is 97.0 Å². The van der Waals surface area contributed by atoms with E-state index < -0.39 is 12.2 Å². The number of rotatable bonds is 5. The zero-order valence-electron chi connectivity index (χ0n) is 21.0. The van der Waals surface area contributed by atoms with E-state index in [0.29, 0.717) is 43.1 Å². The molecule has 4 aliphatic carbocycles. The van der Waals surface area contributed by atoms with Crippen LogP contribution in [0.2, 0.25) is 0 Å². The summed E-state index contributed by atoms with van der Waals surface area (Å²) in [5.41, 5.74) is 0.0992. The van der Waals surface area contributed by atoms with Gasteiger partial charge in [-0.1, -0.05) is 26.8 Å². The number of aliphatic hydroxyl groups is 3. The Hall–Kier alpha value is -0.950. The molecule has 4 N–H and O–H groups in total. The van der Waals surface area contributed by atoms with Gasteiger partial charge >= 0.3 is 0 Å². The molecule has 4 saturated carbocycles. The number of thiophene rings is 1. The van der Waals surface area contributed by atoms with Gasteiger partial charge in [0.1, 0.15) is 0 Å². The van der Waals surface area contributed by atoms with Crippen LogP contribution in [0.25, 0.3) is 0 Å². The van der Waals surface area contributed by atoms with Crippen LogP contribution in [0.5, 0.6) is 0 Å². The Kier molecular flexibility index (Phi) is 6.67. The number of amides is 1. The molecule has 4 aliphatic rings. The summed E-state index contributed by atoms with van der Waals surface area (Å²) in [6.07, 6.45) is 5.50. The van der Waals surface area contributed by atoms with E-state index in [1.54, 1.807) is 11.3 Å². The van der Waals surface area contributed by atoms with Crippen LogP contribution in [0, 0.1) is 46.3 Å². The highest BCUT2D eigenvalue weighted by molar-refractivity contribution is 7.09. The Labute approximate surface area is 208 Å². The van der Waals surface area contributed by atoms with Crippen LogP contribution >= 0.6 is 11.3 Å². The molecule has 0 unspecified atom stereocenters. The first-order valence-corrected chi connectivity index (χ1v) is 14.4. The lowest BCUT2D eigenvalue weighted by Gasteiger charge is -2.63. The fraction of sp³-hybridized carbons (Fsp3) is 0.821. The monoisotopic (exact) mass is 489 g/mol. The van der Waals surface area contributed by atoms with E-state index in [1.165, 1.54) is 4.88 Å². The van der Waals surface area contributed by atoms with E-state index in [4.69, 9.17) is 0 Å². The lowest BCUT2D eigenvalue weighted by Crippen LogP contribution is -2.64. The van der Waals surface area contributed by atoms with Crippen LogP contribution in [0.15, 0.2) is 17.5 Å². The number of hydrogen-bond acceptors (Lipinski definition) is 5. The molecule has 1 aromatic rings. The highest BCUT2D eigenvalue weighted by atomic mass is 32.1. The fourth-order valence-corrected chi connectivity index (χ4v) is 9.96. The molecule has 6 heteroatoms. The molecule has 0 aromatic carbocycles. The molecule has 1 amide bonds. The molecule has 4 fully saturated rings. The van der Waals surface area contributed by atoms with E-state index in [2.05, 4.69) is 32.2 Å². The quantitative estimate of drug-likeness (QED) is 0.495. The van der Waals surface area contributed by atoms with Crippen LogP contribution in [-0.4, -0.2) is 39.5 Å². The van der Waals surface area contributed by atoms with Gasteiger partial charge in [-0.25, -0.2) is 0 Å².